The lowest BCUT2D eigenvalue weighted by molar-refractivity contribution is -0.137. The van der Waals surface area contributed by atoms with Crippen molar-refractivity contribution >= 4 is 17.7 Å². The fraction of sp³-hybridized carbons (Fsp3) is 0.429. The number of methoxy groups -OCH3 is 2. The molecule has 0 unspecified atom stereocenters. The van der Waals surface area contributed by atoms with Crippen LogP contribution in [0.2, 0.25) is 0 Å². The Morgan fingerprint density at radius 1 is 1.33 bits per heavy atom. The number of benzene rings is 1. The number of nitrogens with zero attached hydrogens (tertiary/aromatic N) is 1. The Hall–Kier alpha value is -2.44. The van der Waals surface area contributed by atoms with Gasteiger partial charge in [-0.15, -0.1) is 0 Å². The van der Waals surface area contributed by atoms with Crippen LogP contribution in [-0.2, 0) is 4.79 Å². The van der Waals surface area contributed by atoms with Crippen LogP contribution in [0.4, 0.5) is 10.5 Å². The van der Waals surface area contributed by atoms with Crippen LogP contribution in [-0.4, -0.2) is 48.8 Å². The maximum Gasteiger partial charge on any atom is 0.323 e. The van der Waals surface area contributed by atoms with Crippen molar-refractivity contribution < 1.29 is 24.2 Å². The van der Waals surface area contributed by atoms with Gasteiger partial charge in [-0.2, -0.15) is 0 Å². The average molecular weight is 294 g/mol. The summed E-state index contributed by atoms with van der Waals surface area (Å²) < 4.78 is 10.3. The second-order valence-corrected chi connectivity index (χ2v) is 4.75. The van der Waals surface area contributed by atoms with Crippen molar-refractivity contribution in [2.75, 3.05) is 26.1 Å². The first-order valence-corrected chi connectivity index (χ1v) is 6.56. The van der Waals surface area contributed by atoms with Crippen LogP contribution in [0, 0.1) is 0 Å². The SMILES string of the molecule is COc1ccc(OC)c(NC(=O)N(CC(=O)O)C2CC2)c1. The van der Waals surface area contributed by atoms with E-state index in [1.165, 1.54) is 19.1 Å². The first-order valence-electron chi connectivity index (χ1n) is 6.56. The largest absolute Gasteiger partial charge is 0.497 e. The van der Waals surface area contributed by atoms with Gasteiger partial charge in [0.25, 0.3) is 0 Å². The molecule has 114 valence electrons. The fourth-order valence-electron chi connectivity index (χ4n) is 2.00. The number of amides is 2. The van der Waals surface area contributed by atoms with Crippen molar-refractivity contribution in [2.45, 2.75) is 18.9 Å². The number of nitrogens with one attached hydrogen (secondary N) is 1. The quantitative estimate of drug-likeness (QED) is 0.835. The van der Waals surface area contributed by atoms with Crippen LogP contribution >= 0.6 is 0 Å². The number of ether oxygens (including phenoxy) is 2. The second kappa shape index (κ2) is 6.34. The molecular weight excluding hydrogens is 276 g/mol. The van der Waals surface area contributed by atoms with E-state index in [1.54, 1.807) is 18.2 Å². The van der Waals surface area contributed by atoms with Crippen LogP contribution in [0.1, 0.15) is 12.8 Å². The first-order chi connectivity index (χ1) is 10.0. The minimum atomic E-state index is -1.03. The molecular formula is C14H18N2O5. The van der Waals surface area contributed by atoms with E-state index in [9.17, 15) is 9.59 Å². The molecule has 1 aliphatic rings. The molecule has 2 rings (SSSR count). The van der Waals surface area contributed by atoms with Gasteiger partial charge >= 0.3 is 12.0 Å². The van der Waals surface area contributed by atoms with Crippen LogP contribution in [0.5, 0.6) is 11.5 Å². The maximum atomic E-state index is 12.3. The molecule has 1 aromatic rings. The molecule has 21 heavy (non-hydrogen) atoms. The van der Waals surface area contributed by atoms with Gasteiger partial charge in [-0.25, -0.2) is 4.79 Å². The summed E-state index contributed by atoms with van der Waals surface area (Å²) in [6.45, 7) is -0.317. The van der Waals surface area contributed by atoms with E-state index in [1.807, 2.05) is 0 Å². The zero-order valence-electron chi connectivity index (χ0n) is 12.0. The molecule has 1 saturated carbocycles. The average Bonchev–Trinajstić information content (AvgIpc) is 3.28. The summed E-state index contributed by atoms with van der Waals surface area (Å²) in [7, 11) is 3.02. The number of carbonyl (C=O) groups excluding carboxylic acids is 1. The summed E-state index contributed by atoms with van der Waals surface area (Å²) >= 11 is 0. The lowest BCUT2D eigenvalue weighted by Gasteiger charge is -2.21. The smallest absolute Gasteiger partial charge is 0.323 e. The number of carboxylic acids is 1. The van der Waals surface area contributed by atoms with Gasteiger partial charge in [0.1, 0.15) is 18.0 Å². The van der Waals surface area contributed by atoms with Gasteiger partial charge in [0.2, 0.25) is 0 Å². The topological polar surface area (TPSA) is 88.1 Å². The van der Waals surface area contributed by atoms with Crippen LogP contribution in [0.3, 0.4) is 0 Å². The molecule has 2 amide bonds. The second-order valence-electron chi connectivity index (χ2n) is 4.75. The van der Waals surface area contributed by atoms with E-state index in [4.69, 9.17) is 14.6 Å². The molecule has 1 fully saturated rings. The predicted molar refractivity (Wildman–Crippen MR) is 75.9 cm³/mol. The van der Waals surface area contributed by atoms with E-state index >= 15 is 0 Å². The molecule has 0 atom stereocenters. The Morgan fingerprint density at radius 2 is 2.05 bits per heavy atom. The maximum absolute atomic E-state index is 12.3. The van der Waals surface area contributed by atoms with Gasteiger partial charge in [-0.3, -0.25) is 4.79 Å². The number of carbonyl (C=O) groups is 2. The number of hydrogen-bond acceptors (Lipinski definition) is 4. The number of rotatable bonds is 6. The lowest BCUT2D eigenvalue weighted by atomic mass is 10.2. The highest BCUT2D eigenvalue weighted by atomic mass is 16.5. The molecule has 0 aromatic heterocycles. The van der Waals surface area contributed by atoms with Gasteiger partial charge in [-0.05, 0) is 25.0 Å². The van der Waals surface area contributed by atoms with Crippen molar-refractivity contribution in [3.8, 4) is 11.5 Å². The number of anilines is 1. The Bertz CT molecular complexity index is 542. The standard InChI is InChI=1S/C14H18N2O5/c1-20-10-5-6-12(21-2)11(7-10)15-14(19)16(8-13(17)18)9-3-4-9/h5-7,9H,3-4,8H2,1-2H3,(H,15,19)(H,17,18). The van der Waals surface area contributed by atoms with E-state index in [0.29, 0.717) is 17.2 Å². The summed E-state index contributed by atoms with van der Waals surface area (Å²) in [5.41, 5.74) is 0.442. The van der Waals surface area contributed by atoms with Crippen molar-refractivity contribution in [1.82, 2.24) is 4.90 Å². The van der Waals surface area contributed by atoms with Crippen LogP contribution < -0.4 is 14.8 Å². The van der Waals surface area contributed by atoms with Gasteiger partial charge in [0, 0.05) is 12.1 Å². The molecule has 0 aliphatic heterocycles. The van der Waals surface area contributed by atoms with E-state index in [0.717, 1.165) is 12.8 Å². The first kappa shape index (κ1) is 15.0. The highest BCUT2D eigenvalue weighted by molar-refractivity contribution is 5.93. The molecule has 0 saturated heterocycles. The molecule has 0 bridgehead atoms. The van der Waals surface area contributed by atoms with Gasteiger partial charge < -0.3 is 24.8 Å². The summed E-state index contributed by atoms with van der Waals surface area (Å²) in [5, 5.41) is 11.6. The summed E-state index contributed by atoms with van der Waals surface area (Å²) in [4.78, 5) is 24.4. The molecule has 1 aliphatic carbocycles. The predicted octanol–water partition coefficient (Wildman–Crippen LogP) is 1.78. The van der Waals surface area contributed by atoms with Crippen LogP contribution in [0.25, 0.3) is 0 Å². The zero-order valence-corrected chi connectivity index (χ0v) is 12.0. The Kier molecular flexibility index (Phi) is 4.52. The van der Waals surface area contributed by atoms with Crippen molar-refractivity contribution in [3.05, 3.63) is 18.2 Å². The third-order valence-corrected chi connectivity index (χ3v) is 3.20. The Morgan fingerprint density at radius 3 is 2.57 bits per heavy atom. The number of hydrogen-bond donors (Lipinski definition) is 2. The van der Waals surface area contributed by atoms with Gasteiger partial charge in [0.15, 0.2) is 0 Å². The van der Waals surface area contributed by atoms with E-state index < -0.39 is 12.0 Å². The minimum absolute atomic E-state index is 0.00213. The third kappa shape index (κ3) is 3.77. The monoisotopic (exact) mass is 294 g/mol. The normalized spacial score (nSPS) is 13.4. The molecule has 2 N–H and O–H groups in total. The number of aliphatic carboxylic acids is 1. The van der Waals surface area contributed by atoms with E-state index in [-0.39, 0.29) is 12.6 Å². The molecule has 0 radical (unpaired) electrons. The molecule has 0 heterocycles. The lowest BCUT2D eigenvalue weighted by Crippen LogP contribution is -2.40. The summed E-state index contributed by atoms with van der Waals surface area (Å²) in [6, 6.07) is 4.56. The zero-order chi connectivity index (χ0) is 15.4. The molecule has 1 aromatic carbocycles. The van der Waals surface area contributed by atoms with E-state index in [2.05, 4.69) is 5.32 Å². The summed E-state index contributed by atoms with van der Waals surface area (Å²) in [5.74, 6) is 0.0205. The summed E-state index contributed by atoms with van der Waals surface area (Å²) in [6.07, 6.45) is 1.66. The minimum Gasteiger partial charge on any atom is -0.497 e. The van der Waals surface area contributed by atoms with Gasteiger partial charge in [-0.1, -0.05) is 0 Å². The van der Waals surface area contributed by atoms with Crippen molar-refractivity contribution in [1.29, 1.82) is 0 Å². The molecule has 0 spiro atoms. The van der Waals surface area contributed by atoms with Crippen molar-refractivity contribution in [3.63, 3.8) is 0 Å². The Labute approximate surface area is 122 Å². The van der Waals surface area contributed by atoms with Crippen LogP contribution in [0.15, 0.2) is 18.2 Å². The number of urea groups is 1. The highest BCUT2D eigenvalue weighted by Gasteiger charge is 2.34. The fourth-order valence-corrected chi connectivity index (χ4v) is 2.00. The van der Waals surface area contributed by atoms with Crippen molar-refractivity contribution in [2.24, 2.45) is 0 Å². The molecule has 7 heteroatoms. The highest BCUT2D eigenvalue weighted by Crippen LogP contribution is 2.31. The molecule has 7 nitrogen and oxygen atoms in total. The Balaban J connectivity index is 2.15. The number of carboxylic acid groups (broad SMARTS) is 1. The third-order valence-electron chi connectivity index (χ3n) is 3.20. The van der Waals surface area contributed by atoms with Gasteiger partial charge in [0.05, 0.1) is 19.9 Å².